The summed E-state index contributed by atoms with van der Waals surface area (Å²) in [6.07, 6.45) is 4.24. The fourth-order valence-electron chi connectivity index (χ4n) is 2.76. The van der Waals surface area contributed by atoms with Gasteiger partial charge in [-0.1, -0.05) is 15.9 Å². The van der Waals surface area contributed by atoms with E-state index in [0.717, 1.165) is 43.4 Å². The zero-order chi connectivity index (χ0) is 16.1. The Hall–Kier alpha value is -1.11. The molecule has 6 heteroatoms. The summed E-state index contributed by atoms with van der Waals surface area (Å²) in [5, 5.41) is 0. The van der Waals surface area contributed by atoms with Crippen molar-refractivity contribution in [2.45, 2.75) is 37.9 Å². The molecule has 23 heavy (non-hydrogen) atoms. The van der Waals surface area contributed by atoms with Crippen LogP contribution in [0.25, 0.3) is 0 Å². The van der Waals surface area contributed by atoms with E-state index in [-0.39, 0.29) is 18.2 Å². The highest BCUT2D eigenvalue weighted by Crippen LogP contribution is 2.24. The molecule has 0 N–H and O–H groups in total. The average molecular weight is 385 g/mol. The number of ether oxygens (including phenoxy) is 4. The molecule has 0 aliphatic carbocycles. The van der Waals surface area contributed by atoms with Crippen molar-refractivity contribution in [2.75, 3.05) is 26.4 Å². The maximum Gasteiger partial charge on any atom is 0.338 e. The van der Waals surface area contributed by atoms with Gasteiger partial charge in [0.25, 0.3) is 0 Å². The van der Waals surface area contributed by atoms with Crippen molar-refractivity contribution in [2.24, 2.45) is 0 Å². The number of hydrogen-bond donors (Lipinski definition) is 0. The van der Waals surface area contributed by atoms with Crippen LogP contribution >= 0.6 is 15.9 Å². The number of rotatable bonds is 6. The molecule has 5 nitrogen and oxygen atoms in total. The van der Waals surface area contributed by atoms with Gasteiger partial charge in [-0.25, -0.2) is 4.79 Å². The molecule has 0 bridgehead atoms. The van der Waals surface area contributed by atoms with E-state index in [1.54, 1.807) is 12.1 Å². The second-order valence-corrected chi connectivity index (χ2v) is 6.77. The van der Waals surface area contributed by atoms with Crippen molar-refractivity contribution in [1.29, 1.82) is 0 Å². The summed E-state index contributed by atoms with van der Waals surface area (Å²) in [5.74, 6) is 0.280. The van der Waals surface area contributed by atoms with Crippen molar-refractivity contribution in [3.05, 3.63) is 28.2 Å². The van der Waals surface area contributed by atoms with Gasteiger partial charge in [0.2, 0.25) is 0 Å². The monoisotopic (exact) mass is 384 g/mol. The van der Waals surface area contributed by atoms with Gasteiger partial charge in [0.15, 0.2) is 0 Å². The number of carbonyl (C=O) groups is 1. The van der Waals surface area contributed by atoms with Gasteiger partial charge in [-0.2, -0.15) is 0 Å². The molecule has 2 heterocycles. The van der Waals surface area contributed by atoms with Crippen LogP contribution in [0.4, 0.5) is 0 Å². The molecule has 1 aromatic rings. The van der Waals surface area contributed by atoms with Crippen molar-refractivity contribution in [3.8, 4) is 5.75 Å². The summed E-state index contributed by atoms with van der Waals surface area (Å²) in [4.78, 5) is 12.2. The lowest BCUT2D eigenvalue weighted by molar-refractivity contribution is 0.0161. The lowest BCUT2D eigenvalue weighted by Crippen LogP contribution is -2.18. The molecule has 0 saturated carbocycles. The summed E-state index contributed by atoms with van der Waals surface area (Å²) in [5.41, 5.74) is 0.472. The maximum atomic E-state index is 12.2. The normalized spacial score (nSPS) is 23.9. The first-order chi connectivity index (χ1) is 11.2. The topological polar surface area (TPSA) is 54.0 Å². The van der Waals surface area contributed by atoms with Crippen LogP contribution in [0.2, 0.25) is 0 Å². The molecule has 0 aromatic heterocycles. The van der Waals surface area contributed by atoms with E-state index in [9.17, 15) is 4.79 Å². The summed E-state index contributed by atoms with van der Waals surface area (Å²) in [6.45, 7) is 2.35. The van der Waals surface area contributed by atoms with E-state index >= 15 is 0 Å². The third-order valence-electron chi connectivity index (χ3n) is 3.99. The van der Waals surface area contributed by atoms with E-state index in [0.29, 0.717) is 24.5 Å². The number of halogens is 1. The van der Waals surface area contributed by atoms with E-state index < -0.39 is 0 Å². The Morgan fingerprint density at radius 1 is 1.09 bits per heavy atom. The van der Waals surface area contributed by atoms with Gasteiger partial charge in [-0.05, 0) is 43.9 Å². The van der Waals surface area contributed by atoms with Crippen LogP contribution in [0.15, 0.2) is 22.7 Å². The summed E-state index contributed by atoms with van der Waals surface area (Å²) in [7, 11) is 0. The number of esters is 1. The highest BCUT2D eigenvalue weighted by molar-refractivity contribution is 9.10. The molecule has 126 valence electrons. The third-order valence-corrected chi connectivity index (χ3v) is 4.45. The minimum absolute atomic E-state index is 0.0290. The Morgan fingerprint density at radius 2 is 1.78 bits per heavy atom. The van der Waals surface area contributed by atoms with Gasteiger partial charge in [-0.15, -0.1) is 0 Å². The smallest absolute Gasteiger partial charge is 0.338 e. The first-order valence-corrected chi connectivity index (χ1v) is 8.84. The molecule has 2 fully saturated rings. The molecule has 2 aliphatic rings. The summed E-state index contributed by atoms with van der Waals surface area (Å²) < 4.78 is 22.9. The largest absolute Gasteiger partial charge is 0.491 e. The number of carbonyl (C=O) groups excluding carboxylic acids is 1. The van der Waals surface area contributed by atoms with Crippen LogP contribution in [0.1, 0.15) is 36.0 Å². The highest BCUT2D eigenvalue weighted by atomic mass is 79.9. The fraction of sp³-hybridized carbons (Fsp3) is 0.588. The highest BCUT2D eigenvalue weighted by Gasteiger charge is 2.19. The molecule has 2 aliphatic heterocycles. The van der Waals surface area contributed by atoms with Gasteiger partial charge in [0.1, 0.15) is 19.0 Å². The second kappa shape index (κ2) is 8.13. The quantitative estimate of drug-likeness (QED) is 0.703. The molecular weight excluding hydrogens is 364 g/mol. The molecule has 0 radical (unpaired) electrons. The molecular formula is C17H21BrO5. The Labute approximate surface area is 144 Å². The van der Waals surface area contributed by atoms with E-state index in [4.69, 9.17) is 18.9 Å². The van der Waals surface area contributed by atoms with Crippen LogP contribution in [0, 0.1) is 0 Å². The fourth-order valence-corrected chi connectivity index (χ4v) is 3.23. The lowest BCUT2D eigenvalue weighted by atomic mass is 10.2. The average Bonchev–Trinajstić information content (AvgIpc) is 3.23. The molecule has 3 rings (SSSR count). The molecule has 2 unspecified atom stereocenters. The SMILES string of the molecule is O=C(OCC1CCCO1)c1cc(Br)cc(OCC2CCCO2)c1. The Morgan fingerprint density at radius 3 is 2.43 bits per heavy atom. The van der Waals surface area contributed by atoms with Crippen LogP contribution in [0.3, 0.4) is 0 Å². The van der Waals surface area contributed by atoms with Crippen LogP contribution in [-0.4, -0.2) is 44.6 Å². The van der Waals surface area contributed by atoms with Crippen LogP contribution in [0.5, 0.6) is 5.75 Å². The lowest BCUT2D eigenvalue weighted by Gasteiger charge is -2.13. The minimum Gasteiger partial charge on any atom is -0.491 e. The number of benzene rings is 1. The molecule has 0 spiro atoms. The summed E-state index contributed by atoms with van der Waals surface area (Å²) >= 11 is 3.41. The third kappa shape index (κ3) is 4.93. The van der Waals surface area contributed by atoms with Gasteiger partial charge in [0.05, 0.1) is 17.8 Å². The predicted octanol–water partition coefficient (Wildman–Crippen LogP) is 3.34. The van der Waals surface area contributed by atoms with Gasteiger partial charge in [0, 0.05) is 17.7 Å². The van der Waals surface area contributed by atoms with Crippen LogP contribution in [-0.2, 0) is 14.2 Å². The van der Waals surface area contributed by atoms with E-state index in [1.807, 2.05) is 6.07 Å². The molecule has 1 aromatic carbocycles. The Kier molecular flexibility index (Phi) is 5.91. The molecule has 2 atom stereocenters. The molecule has 0 amide bonds. The Bertz CT molecular complexity index is 536. The van der Waals surface area contributed by atoms with Crippen molar-refractivity contribution in [3.63, 3.8) is 0 Å². The summed E-state index contributed by atoms with van der Waals surface area (Å²) in [6, 6.07) is 5.28. The first-order valence-electron chi connectivity index (χ1n) is 8.04. The molecule has 2 saturated heterocycles. The van der Waals surface area contributed by atoms with E-state index in [2.05, 4.69) is 15.9 Å². The van der Waals surface area contributed by atoms with Crippen molar-refractivity contribution < 1.29 is 23.7 Å². The van der Waals surface area contributed by atoms with Gasteiger partial charge in [-0.3, -0.25) is 0 Å². The zero-order valence-corrected chi connectivity index (χ0v) is 14.5. The van der Waals surface area contributed by atoms with Crippen molar-refractivity contribution >= 4 is 21.9 Å². The van der Waals surface area contributed by atoms with Gasteiger partial charge < -0.3 is 18.9 Å². The minimum atomic E-state index is -0.358. The Balaban J connectivity index is 1.56. The predicted molar refractivity (Wildman–Crippen MR) is 87.9 cm³/mol. The van der Waals surface area contributed by atoms with Gasteiger partial charge >= 0.3 is 5.97 Å². The van der Waals surface area contributed by atoms with Crippen LogP contribution < -0.4 is 4.74 Å². The van der Waals surface area contributed by atoms with Crippen molar-refractivity contribution in [1.82, 2.24) is 0 Å². The number of hydrogen-bond acceptors (Lipinski definition) is 5. The standard InChI is InChI=1S/C17H21BrO5/c18-13-7-12(17(19)23-11-15-4-2-6-21-15)8-16(9-13)22-10-14-3-1-5-20-14/h7-9,14-15H,1-6,10-11H2. The first kappa shape index (κ1) is 16.7. The maximum absolute atomic E-state index is 12.2. The zero-order valence-electron chi connectivity index (χ0n) is 13.0. The second-order valence-electron chi connectivity index (χ2n) is 5.86. The van der Waals surface area contributed by atoms with E-state index in [1.165, 1.54) is 0 Å².